The summed E-state index contributed by atoms with van der Waals surface area (Å²) in [6, 6.07) is 105. The summed E-state index contributed by atoms with van der Waals surface area (Å²) < 4.78 is 8.31. The molecule has 0 N–H and O–H groups in total. The second-order valence-corrected chi connectivity index (χ2v) is 34.1. The highest BCUT2D eigenvalue weighted by molar-refractivity contribution is 9.10. The molecule has 3 aliphatic carbocycles. The number of pyridine rings is 4. The molecule has 0 saturated carbocycles. The Morgan fingerprint density at radius 3 is 1.32 bits per heavy atom. The Bertz CT molecular complexity index is 7570. The molecule has 12 aromatic carbocycles. The predicted octanol–water partition coefficient (Wildman–Crippen LogP) is 27.3. The lowest BCUT2D eigenvalue weighted by Gasteiger charge is -2.24. The molecule has 0 fully saturated rings. The average Bonchev–Trinajstić information content (AvgIpc) is 1.63. The molecule has 24 rings (SSSR count). The standard InChI is InChI=1S/C51H33N5S.C35H23BrN4S.C17H12/c1-51(2)41-19-16-33(34-15-18-38-37-12-6-8-14-44(37)57-45(38)28-34)26-40(41)49-47(51)48(54-50(55-49)30-21-23-52-24-22-30)35-17-20-46(53-29-35)56-42-13-7-5-11-36(42)39-25-31-9-3-4-10-32(31)27-43(39)56;1-35(2)27-11-8-21(22-7-10-25-24-5-3-4-6-28(24)41-29(25)18-22)17-26(27)33-31(35)32(23-9-12-30(36)38-19-23)39-34(40-33)20-13-15-37-16-14-20;1-2-6-13-11-17-15(9-12(13)5-1)10-14-7-3-4-8-16(14)17/h3-29H,1-2H3;3-19H,1-2H3;1-9,11H,10H2. The second kappa shape index (κ2) is 26.9. The van der Waals surface area contributed by atoms with Crippen LogP contribution in [0.1, 0.15) is 61.1 Å². The Labute approximate surface area is 679 Å². The normalized spacial score (nSPS) is 13.2. The van der Waals surface area contributed by atoms with Crippen LogP contribution in [0.2, 0.25) is 0 Å². The molecular weight excluding hydrogens is 1510 g/mol. The number of rotatable bonds is 7. The fraction of sp³-hybridized carbons (Fsp3) is 0.0680. The summed E-state index contributed by atoms with van der Waals surface area (Å²) in [5.41, 5.74) is 26.7. The van der Waals surface area contributed by atoms with Gasteiger partial charge in [0, 0.05) is 144 Å². The Balaban J connectivity index is 0.000000120. The van der Waals surface area contributed by atoms with Gasteiger partial charge in [-0.3, -0.25) is 14.5 Å². The monoisotopic (exact) mass is 1570 g/mol. The van der Waals surface area contributed by atoms with Crippen LogP contribution in [0.25, 0.3) is 191 Å². The molecule has 0 bridgehead atoms. The smallest absolute Gasteiger partial charge is 0.160 e. The maximum absolute atomic E-state index is 5.35. The predicted molar refractivity (Wildman–Crippen MR) is 481 cm³/mol. The third-order valence-corrected chi connectivity index (χ3v) is 26.5. The summed E-state index contributed by atoms with van der Waals surface area (Å²) in [6.07, 6.45) is 12.1. The number of benzene rings is 12. The molecule has 0 aliphatic heterocycles. The van der Waals surface area contributed by atoms with Crippen molar-refractivity contribution in [3.63, 3.8) is 0 Å². The Hall–Kier alpha value is -13.4. The van der Waals surface area contributed by atoms with Gasteiger partial charge in [-0.2, -0.15) is 0 Å². The van der Waals surface area contributed by atoms with Gasteiger partial charge in [-0.05, 0) is 209 Å². The van der Waals surface area contributed by atoms with Gasteiger partial charge in [0.2, 0.25) is 0 Å². The van der Waals surface area contributed by atoms with Crippen LogP contribution in [-0.4, -0.2) is 44.4 Å². The Morgan fingerprint density at radius 1 is 0.313 bits per heavy atom. The van der Waals surface area contributed by atoms with E-state index in [0.717, 1.165) is 95.2 Å². The van der Waals surface area contributed by atoms with Crippen LogP contribution in [0.3, 0.4) is 0 Å². The Kier molecular flexibility index (Phi) is 16.0. The fourth-order valence-electron chi connectivity index (χ4n) is 18.1. The summed E-state index contributed by atoms with van der Waals surface area (Å²) >= 11 is 7.18. The lowest BCUT2D eigenvalue weighted by Crippen LogP contribution is -2.17. The number of thiophene rings is 2. The van der Waals surface area contributed by atoms with Crippen molar-refractivity contribution < 1.29 is 0 Å². The van der Waals surface area contributed by atoms with E-state index in [0.29, 0.717) is 11.6 Å². The zero-order valence-corrected chi connectivity index (χ0v) is 66.3. The molecular formula is C103H68BrN9S2. The zero-order chi connectivity index (χ0) is 76.8. The van der Waals surface area contributed by atoms with Crippen molar-refractivity contribution in [3.05, 3.63) is 366 Å². The highest BCUT2D eigenvalue weighted by Crippen LogP contribution is 2.55. The number of hydrogen-bond donors (Lipinski definition) is 0. The van der Waals surface area contributed by atoms with Gasteiger partial charge in [-0.1, -0.05) is 210 Å². The van der Waals surface area contributed by atoms with Crippen molar-refractivity contribution in [1.29, 1.82) is 0 Å². The molecule has 115 heavy (non-hydrogen) atoms. The molecule has 12 heteroatoms. The number of fused-ring (bicyclic) bond motifs is 20. The quantitative estimate of drug-likeness (QED) is 0.145. The van der Waals surface area contributed by atoms with Crippen molar-refractivity contribution in [2.75, 3.05) is 0 Å². The SMILES string of the molecule is CC1(C)c2ccc(-c3ccc4c(c3)sc3ccccc34)cc2-c2nc(-c3ccncc3)nc(-c3ccc(-n4c5ccccc5c5cc6ccccc6cc54)nc3)c21.CC1(C)c2ccc(-c3ccc4c(c3)sc3ccccc34)cc2-c2nc(-c3ccncc3)nc(-c3ccc(Br)nc3)c21.c1ccc2c(c1)Cc1cc3ccccc3cc1-2. The van der Waals surface area contributed by atoms with E-state index in [9.17, 15) is 0 Å². The summed E-state index contributed by atoms with van der Waals surface area (Å²) in [5.74, 6) is 2.22. The van der Waals surface area contributed by atoms with Gasteiger partial charge < -0.3 is 0 Å². The van der Waals surface area contributed by atoms with Gasteiger partial charge in [0.05, 0.1) is 33.8 Å². The van der Waals surface area contributed by atoms with E-state index in [2.05, 4.69) is 324 Å². The highest BCUT2D eigenvalue weighted by Gasteiger charge is 2.42. The van der Waals surface area contributed by atoms with Crippen LogP contribution in [-0.2, 0) is 17.3 Å². The second-order valence-electron chi connectivity index (χ2n) is 31.1. The summed E-state index contributed by atoms with van der Waals surface area (Å²) in [7, 11) is 0. The maximum atomic E-state index is 5.35. The van der Waals surface area contributed by atoms with Crippen molar-refractivity contribution in [1.82, 2.24) is 44.4 Å². The Morgan fingerprint density at radius 2 is 0.765 bits per heavy atom. The topological polar surface area (TPSA) is 108 Å². The largest absolute Gasteiger partial charge is 0.294 e. The van der Waals surface area contributed by atoms with Crippen LogP contribution < -0.4 is 0 Å². The van der Waals surface area contributed by atoms with Crippen LogP contribution in [0.15, 0.2) is 333 Å². The minimum atomic E-state index is -0.350. The van der Waals surface area contributed by atoms with Crippen LogP contribution >= 0.6 is 38.6 Å². The van der Waals surface area contributed by atoms with Crippen molar-refractivity contribution in [2.45, 2.75) is 44.9 Å². The van der Waals surface area contributed by atoms with Gasteiger partial charge in [-0.25, -0.2) is 29.9 Å². The first-order valence-electron chi connectivity index (χ1n) is 38.8. The van der Waals surface area contributed by atoms with Crippen LogP contribution in [0.5, 0.6) is 0 Å². The van der Waals surface area contributed by atoms with Gasteiger partial charge in [0.15, 0.2) is 11.6 Å². The zero-order valence-electron chi connectivity index (χ0n) is 63.1. The van der Waals surface area contributed by atoms with Crippen LogP contribution in [0.4, 0.5) is 0 Å². The molecule has 0 unspecified atom stereocenters. The van der Waals surface area contributed by atoms with Crippen molar-refractivity contribution in [3.8, 4) is 107 Å². The third kappa shape index (κ3) is 11.4. The lowest BCUT2D eigenvalue weighted by molar-refractivity contribution is 0.657. The summed E-state index contributed by atoms with van der Waals surface area (Å²) in [4.78, 5) is 39.2. The fourth-order valence-corrected chi connectivity index (χ4v) is 20.6. The van der Waals surface area contributed by atoms with E-state index in [1.807, 2.05) is 65.4 Å². The molecule has 9 aromatic heterocycles. The van der Waals surface area contributed by atoms with E-state index >= 15 is 0 Å². The first kappa shape index (κ1) is 68.4. The van der Waals surface area contributed by atoms with Gasteiger partial charge in [-0.15, -0.1) is 22.7 Å². The maximum Gasteiger partial charge on any atom is 0.160 e. The van der Waals surface area contributed by atoms with Crippen molar-refractivity contribution >= 4 is 122 Å². The van der Waals surface area contributed by atoms with Crippen molar-refractivity contribution in [2.24, 2.45) is 0 Å². The molecule has 0 amide bonds. The molecule has 0 radical (unpaired) electrons. The van der Waals surface area contributed by atoms with Gasteiger partial charge in [0.1, 0.15) is 10.4 Å². The molecule has 0 spiro atoms. The lowest BCUT2D eigenvalue weighted by atomic mass is 9.80. The van der Waals surface area contributed by atoms with E-state index in [1.165, 1.54) is 128 Å². The first-order valence-corrected chi connectivity index (χ1v) is 41.2. The van der Waals surface area contributed by atoms with E-state index < -0.39 is 0 Å². The molecule has 3 aliphatic rings. The summed E-state index contributed by atoms with van der Waals surface area (Å²) in [5, 5.41) is 12.8. The molecule has 9 nitrogen and oxygen atoms in total. The molecule has 0 saturated heterocycles. The molecule has 21 aromatic rings. The number of para-hydroxylation sites is 1. The highest BCUT2D eigenvalue weighted by atomic mass is 79.9. The minimum absolute atomic E-state index is 0.280. The minimum Gasteiger partial charge on any atom is -0.294 e. The molecule has 0 atom stereocenters. The number of halogens is 1. The van der Waals surface area contributed by atoms with Crippen LogP contribution in [0, 0.1) is 0 Å². The van der Waals surface area contributed by atoms with E-state index in [4.69, 9.17) is 24.9 Å². The number of hydrogen-bond acceptors (Lipinski definition) is 10. The van der Waals surface area contributed by atoms with Gasteiger partial charge in [0.25, 0.3) is 0 Å². The van der Waals surface area contributed by atoms with E-state index in [1.54, 1.807) is 24.8 Å². The van der Waals surface area contributed by atoms with E-state index in [-0.39, 0.29) is 10.8 Å². The molecule has 544 valence electrons. The van der Waals surface area contributed by atoms with Gasteiger partial charge >= 0.3 is 0 Å². The number of nitrogens with zero attached hydrogens (tertiary/aromatic N) is 9. The molecule has 9 heterocycles. The average molecular weight is 1580 g/mol. The summed E-state index contributed by atoms with van der Waals surface area (Å²) in [6.45, 7) is 9.13. The number of aromatic nitrogens is 9. The first-order chi connectivity index (χ1) is 56.4. The third-order valence-electron chi connectivity index (χ3n) is 23.7.